The molecule has 1 heterocycles. The Bertz CT molecular complexity index is 1080. The molecule has 0 bridgehead atoms. The van der Waals surface area contributed by atoms with Crippen molar-refractivity contribution < 1.29 is 14.7 Å². The molecule has 0 amide bonds. The van der Waals surface area contributed by atoms with Gasteiger partial charge in [-0.15, -0.1) is 0 Å². The number of hydrogen-bond donors (Lipinski definition) is 1. The van der Waals surface area contributed by atoms with E-state index < -0.39 is 5.97 Å². The van der Waals surface area contributed by atoms with E-state index in [4.69, 9.17) is 23.2 Å². The molecular formula is C23H23Cl2NO3. The summed E-state index contributed by atoms with van der Waals surface area (Å²) in [4.78, 5) is 24.7. The van der Waals surface area contributed by atoms with Gasteiger partial charge in [-0.1, -0.05) is 62.5 Å². The first kappa shape index (κ1) is 21.4. The minimum atomic E-state index is -1.01. The molecule has 152 valence electrons. The third-order valence-electron chi connectivity index (χ3n) is 5.05. The molecule has 3 rings (SSSR count). The van der Waals surface area contributed by atoms with E-state index in [9.17, 15) is 14.7 Å². The highest BCUT2D eigenvalue weighted by Crippen LogP contribution is 2.33. The smallest absolute Gasteiger partial charge is 0.335 e. The molecule has 6 heteroatoms. The fourth-order valence-electron chi connectivity index (χ4n) is 3.62. The van der Waals surface area contributed by atoms with Gasteiger partial charge >= 0.3 is 5.97 Å². The maximum absolute atomic E-state index is 13.1. The highest BCUT2D eigenvalue weighted by molar-refractivity contribution is 6.36. The van der Waals surface area contributed by atoms with Crippen LogP contribution in [0.3, 0.4) is 0 Å². The van der Waals surface area contributed by atoms with Crippen LogP contribution >= 0.6 is 23.2 Å². The van der Waals surface area contributed by atoms with Gasteiger partial charge in [0, 0.05) is 38.2 Å². The Morgan fingerprint density at radius 2 is 1.76 bits per heavy atom. The number of aromatic carboxylic acids is 1. The van der Waals surface area contributed by atoms with Crippen molar-refractivity contribution in [3.05, 3.63) is 68.8 Å². The monoisotopic (exact) mass is 431 g/mol. The van der Waals surface area contributed by atoms with E-state index in [1.54, 1.807) is 36.4 Å². The summed E-state index contributed by atoms with van der Waals surface area (Å²) >= 11 is 12.8. The molecule has 1 aromatic heterocycles. The Morgan fingerprint density at radius 3 is 2.31 bits per heavy atom. The zero-order valence-electron chi connectivity index (χ0n) is 16.6. The standard InChI is InChI=1S/C23H23Cl2NO3/c1-4-6-19-21(22(27)13(2)3)15-10-9-14(23(28)29)11-20(15)26(19)12-16-17(24)7-5-8-18(16)25/h5,7-11,13H,4,6,12H2,1-3H3,(H,28,29). The minimum Gasteiger partial charge on any atom is -0.478 e. The van der Waals surface area contributed by atoms with Crippen molar-refractivity contribution in [2.75, 3.05) is 0 Å². The Labute approximate surface area is 180 Å². The van der Waals surface area contributed by atoms with E-state index in [0.29, 0.717) is 34.1 Å². The quantitative estimate of drug-likeness (QED) is 0.435. The number of fused-ring (bicyclic) bond motifs is 1. The van der Waals surface area contributed by atoms with Gasteiger partial charge in [-0.25, -0.2) is 4.79 Å². The molecular weight excluding hydrogens is 409 g/mol. The zero-order chi connectivity index (χ0) is 21.3. The van der Waals surface area contributed by atoms with E-state index in [2.05, 4.69) is 6.92 Å². The molecule has 0 spiro atoms. The van der Waals surface area contributed by atoms with Crippen LogP contribution in [-0.2, 0) is 13.0 Å². The predicted octanol–water partition coefficient (Wildman–Crippen LogP) is 6.49. The molecule has 0 fully saturated rings. The average molecular weight is 432 g/mol. The fraction of sp³-hybridized carbons (Fsp3) is 0.304. The van der Waals surface area contributed by atoms with Crippen LogP contribution in [0.2, 0.25) is 10.0 Å². The van der Waals surface area contributed by atoms with Crippen molar-refractivity contribution in [2.24, 2.45) is 5.92 Å². The van der Waals surface area contributed by atoms with Crippen LogP contribution in [0.5, 0.6) is 0 Å². The van der Waals surface area contributed by atoms with Gasteiger partial charge in [0.15, 0.2) is 5.78 Å². The summed E-state index contributed by atoms with van der Waals surface area (Å²) in [5.74, 6) is -1.14. The van der Waals surface area contributed by atoms with E-state index in [-0.39, 0.29) is 17.3 Å². The molecule has 3 aromatic rings. The summed E-state index contributed by atoms with van der Waals surface area (Å²) in [5, 5.41) is 11.3. The number of carbonyl (C=O) groups is 2. The molecule has 0 saturated carbocycles. The first-order chi connectivity index (χ1) is 13.8. The Balaban J connectivity index is 2.35. The summed E-state index contributed by atoms with van der Waals surface area (Å²) in [6.45, 7) is 6.16. The van der Waals surface area contributed by atoms with Gasteiger partial charge in [0.25, 0.3) is 0 Å². The van der Waals surface area contributed by atoms with Gasteiger partial charge in [-0.05, 0) is 30.7 Å². The van der Waals surface area contributed by atoms with Crippen LogP contribution in [-0.4, -0.2) is 21.4 Å². The number of aromatic nitrogens is 1. The Kier molecular flexibility index (Phi) is 6.35. The summed E-state index contributed by atoms with van der Waals surface area (Å²) < 4.78 is 1.99. The second kappa shape index (κ2) is 8.60. The molecule has 2 aromatic carbocycles. The lowest BCUT2D eigenvalue weighted by atomic mass is 9.96. The maximum Gasteiger partial charge on any atom is 0.335 e. The molecule has 4 nitrogen and oxygen atoms in total. The molecule has 0 radical (unpaired) electrons. The van der Waals surface area contributed by atoms with Crippen molar-refractivity contribution in [3.8, 4) is 0 Å². The molecule has 0 atom stereocenters. The van der Waals surface area contributed by atoms with Gasteiger partial charge in [0.1, 0.15) is 0 Å². The third kappa shape index (κ3) is 4.05. The van der Waals surface area contributed by atoms with Crippen molar-refractivity contribution in [2.45, 2.75) is 40.2 Å². The van der Waals surface area contributed by atoms with E-state index in [1.165, 1.54) is 0 Å². The zero-order valence-corrected chi connectivity index (χ0v) is 18.1. The molecule has 0 aliphatic rings. The Morgan fingerprint density at radius 1 is 1.10 bits per heavy atom. The predicted molar refractivity (Wildman–Crippen MR) is 118 cm³/mol. The number of hydrogen-bond acceptors (Lipinski definition) is 2. The lowest BCUT2D eigenvalue weighted by Crippen LogP contribution is -2.12. The number of carboxylic acid groups (broad SMARTS) is 1. The number of halogens is 2. The lowest BCUT2D eigenvalue weighted by Gasteiger charge is -2.14. The van der Waals surface area contributed by atoms with Crippen molar-refractivity contribution in [1.29, 1.82) is 0 Å². The summed E-state index contributed by atoms with van der Waals surface area (Å²) in [6.07, 6.45) is 1.53. The van der Waals surface area contributed by atoms with Gasteiger partial charge in [0.2, 0.25) is 0 Å². The van der Waals surface area contributed by atoms with Gasteiger partial charge < -0.3 is 9.67 Å². The number of rotatable bonds is 7. The number of carbonyl (C=O) groups excluding carboxylic acids is 1. The molecule has 0 aliphatic heterocycles. The van der Waals surface area contributed by atoms with Gasteiger partial charge in [-0.3, -0.25) is 4.79 Å². The summed E-state index contributed by atoms with van der Waals surface area (Å²) in [7, 11) is 0. The molecule has 0 aliphatic carbocycles. The van der Waals surface area contributed by atoms with Crippen molar-refractivity contribution in [3.63, 3.8) is 0 Å². The topological polar surface area (TPSA) is 59.3 Å². The van der Waals surface area contributed by atoms with Crippen LogP contribution in [0.1, 0.15) is 59.2 Å². The normalized spacial score (nSPS) is 11.4. The average Bonchev–Trinajstić information content (AvgIpc) is 2.96. The fourth-order valence-corrected chi connectivity index (χ4v) is 4.13. The lowest BCUT2D eigenvalue weighted by molar-refractivity contribution is 0.0696. The van der Waals surface area contributed by atoms with Crippen LogP contribution in [0, 0.1) is 5.92 Å². The molecule has 0 unspecified atom stereocenters. The van der Waals surface area contributed by atoms with Crippen LogP contribution < -0.4 is 0 Å². The third-order valence-corrected chi connectivity index (χ3v) is 5.76. The number of ketones is 1. The van der Waals surface area contributed by atoms with Gasteiger partial charge in [-0.2, -0.15) is 0 Å². The van der Waals surface area contributed by atoms with Crippen molar-refractivity contribution in [1.82, 2.24) is 4.57 Å². The maximum atomic E-state index is 13.1. The number of benzene rings is 2. The van der Waals surface area contributed by atoms with Crippen molar-refractivity contribution >= 4 is 45.9 Å². The van der Waals surface area contributed by atoms with E-state index in [0.717, 1.165) is 23.1 Å². The number of nitrogens with zero attached hydrogens (tertiary/aromatic N) is 1. The summed E-state index contributed by atoms with van der Waals surface area (Å²) in [6, 6.07) is 10.2. The Hall–Kier alpha value is -2.30. The highest BCUT2D eigenvalue weighted by atomic mass is 35.5. The number of carboxylic acids is 1. The minimum absolute atomic E-state index is 0.0468. The second-order valence-corrected chi connectivity index (χ2v) is 8.23. The molecule has 1 N–H and O–H groups in total. The molecule has 29 heavy (non-hydrogen) atoms. The number of Topliss-reactive ketones (excluding diaryl/α,β-unsaturated/α-hetero) is 1. The molecule has 0 saturated heterocycles. The van der Waals surface area contributed by atoms with E-state index >= 15 is 0 Å². The van der Waals surface area contributed by atoms with Crippen LogP contribution in [0.25, 0.3) is 10.9 Å². The second-order valence-electron chi connectivity index (χ2n) is 7.41. The van der Waals surface area contributed by atoms with E-state index in [1.807, 2.05) is 18.4 Å². The summed E-state index contributed by atoms with van der Waals surface area (Å²) in [5.41, 5.74) is 3.17. The largest absolute Gasteiger partial charge is 0.478 e. The first-order valence-electron chi connectivity index (χ1n) is 9.61. The van der Waals surface area contributed by atoms with Gasteiger partial charge in [0.05, 0.1) is 17.6 Å². The highest BCUT2D eigenvalue weighted by Gasteiger charge is 2.25. The van der Waals surface area contributed by atoms with Crippen LogP contribution in [0.4, 0.5) is 0 Å². The van der Waals surface area contributed by atoms with Crippen LogP contribution in [0.15, 0.2) is 36.4 Å². The SMILES string of the molecule is CCCc1c(C(=O)C(C)C)c2ccc(C(=O)O)cc2n1Cc1c(Cl)cccc1Cl. The first-order valence-corrected chi connectivity index (χ1v) is 10.4.